The van der Waals surface area contributed by atoms with Crippen LogP contribution >= 0.6 is 11.8 Å². The molecule has 2 aromatic rings. The molecule has 0 saturated heterocycles. The summed E-state index contributed by atoms with van der Waals surface area (Å²) in [7, 11) is 0. The van der Waals surface area contributed by atoms with Crippen molar-refractivity contribution in [3.63, 3.8) is 0 Å². The van der Waals surface area contributed by atoms with E-state index in [4.69, 9.17) is 5.26 Å². The Morgan fingerprint density at radius 1 is 1.19 bits per heavy atom. The molecule has 0 N–H and O–H groups in total. The summed E-state index contributed by atoms with van der Waals surface area (Å²) in [5.74, 6) is 0. The third-order valence-corrected chi connectivity index (χ3v) is 2.98. The third kappa shape index (κ3) is 2.62. The first-order chi connectivity index (χ1) is 7.78. The van der Waals surface area contributed by atoms with Gasteiger partial charge < -0.3 is 0 Å². The zero-order valence-electron chi connectivity index (χ0n) is 8.84. The van der Waals surface area contributed by atoms with Gasteiger partial charge in [0.05, 0.1) is 0 Å². The number of rotatable bonds is 2. The molecule has 2 rings (SSSR count). The molecule has 2 nitrogen and oxygen atoms in total. The lowest BCUT2D eigenvalue weighted by atomic mass is 10.2. The molecule has 0 atom stereocenters. The van der Waals surface area contributed by atoms with Gasteiger partial charge in [-0.3, -0.25) is 0 Å². The molecule has 1 aromatic heterocycles. The van der Waals surface area contributed by atoms with Crippen LogP contribution in [0, 0.1) is 18.3 Å². The normalized spacial score (nSPS) is 9.75. The average Bonchev–Trinajstić information content (AvgIpc) is 2.29. The molecule has 0 unspecified atom stereocenters. The lowest BCUT2D eigenvalue weighted by Gasteiger charge is -2.01. The summed E-state index contributed by atoms with van der Waals surface area (Å²) >= 11 is 1.57. The average molecular weight is 226 g/mol. The fourth-order valence-electron chi connectivity index (χ4n) is 1.33. The van der Waals surface area contributed by atoms with E-state index in [-0.39, 0.29) is 0 Å². The summed E-state index contributed by atoms with van der Waals surface area (Å²) in [6.07, 6.45) is 0. The van der Waals surface area contributed by atoms with Gasteiger partial charge in [0.15, 0.2) is 0 Å². The van der Waals surface area contributed by atoms with Crippen molar-refractivity contribution in [1.29, 1.82) is 5.26 Å². The van der Waals surface area contributed by atoms with Crippen molar-refractivity contribution < 1.29 is 0 Å². The van der Waals surface area contributed by atoms with Gasteiger partial charge in [0.1, 0.15) is 16.8 Å². The van der Waals surface area contributed by atoms with E-state index < -0.39 is 0 Å². The predicted molar refractivity (Wildman–Crippen MR) is 64.3 cm³/mol. The van der Waals surface area contributed by atoms with Crippen LogP contribution < -0.4 is 0 Å². The van der Waals surface area contributed by atoms with Gasteiger partial charge >= 0.3 is 0 Å². The summed E-state index contributed by atoms with van der Waals surface area (Å²) in [5, 5.41) is 9.60. The highest BCUT2D eigenvalue weighted by Crippen LogP contribution is 2.26. The Balaban J connectivity index is 2.24. The summed E-state index contributed by atoms with van der Waals surface area (Å²) in [6, 6.07) is 15.7. The number of aryl methyl sites for hydroxylation is 1. The van der Waals surface area contributed by atoms with Gasteiger partial charge in [0, 0.05) is 4.90 Å². The molecule has 78 valence electrons. The smallest absolute Gasteiger partial charge is 0.141 e. The van der Waals surface area contributed by atoms with Gasteiger partial charge in [-0.05, 0) is 31.2 Å². The summed E-state index contributed by atoms with van der Waals surface area (Å²) < 4.78 is 0. The van der Waals surface area contributed by atoms with Crippen LogP contribution in [0.3, 0.4) is 0 Å². The summed E-state index contributed by atoms with van der Waals surface area (Å²) in [5.41, 5.74) is 1.68. The molecule has 0 saturated carbocycles. The van der Waals surface area contributed by atoms with Gasteiger partial charge in [0.25, 0.3) is 0 Å². The van der Waals surface area contributed by atoms with E-state index in [2.05, 4.69) is 24.0 Å². The second-order valence-electron chi connectivity index (χ2n) is 3.39. The largest absolute Gasteiger partial charge is 0.230 e. The van der Waals surface area contributed by atoms with Crippen molar-refractivity contribution in [2.75, 3.05) is 0 Å². The van der Waals surface area contributed by atoms with Gasteiger partial charge in [0.2, 0.25) is 0 Å². The Kier molecular flexibility index (Phi) is 3.23. The topological polar surface area (TPSA) is 36.7 Å². The van der Waals surface area contributed by atoms with E-state index in [9.17, 15) is 0 Å². The maximum absolute atomic E-state index is 8.75. The van der Waals surface area contributed by atoms with E-state index in [1.807, 2.05) is 30.3 Å². The van der Waals surface area contributed by atoms with E-state index in [0.29, 0.717) is 5.69 Å². The molecule has 1 aromatic carbocycles. The highest BCUT2D eigenvalue weighted by Gasteiger charge is 2.00. The number of hydrogen-bond donors (Lipinski definition) is 0. The number of hydrogen-bond acceptors (Lipinski definition) is 3. The molecule has 3 heteroatoms. The molecule has 0 aliphatic rings. The van der Waals surface area contributed by atoms with E-state index >= 15 is 0 Å². The molecule has 0 amide bonds. The SMILES string of the molecule is Cc1cccc(Sc2cccc(C#N)n2)c1. The second-order valence-corrected chi connectivity index (χ2v) is 4.49. The maximum Gasteiger partial charge on any atom is 0.141 e. The lowest BCUT2D eigenvalue weighted by molar-refractivity contribution is 1.10. The predicted octanol–water partition coefficient (Wildman–Crippen LogP) is 3.41. The fourth-order valence-corrected chi connectivity index (χ4v) is 2.26. The zero-order chi connectivity index (χ0) is 11.4. The van der Waals surface area contributed by atoms with Crippen LogP contribution in [0.2, 0.25) is 0 Å². The fraction of sp³-hybridized carbons (Fsp3) is 0.0769. The number of benzene rings is 1. The molecular weight excluding hydrogens is 216 g/mol. The van der Waals surface area contributed by atoms with Crippen LogP contribution in [0.4, 0.5) is 0 Å². The minimum atomic E-state index is 0.456. The van der Waals surface area contributed by atoms with Crippen LogP contribution in [-0.4, -0.2) is 4.98 Å². The van der Waals surface area contributed by atoms with Crippen LogP contribution in [-0.2, 0) is 0 Å². The summed E-state index contributed by atoms with van der Waals surface area (Å²) in [6.45, 7) is 2.06. The van der Waals surface area contributed by atoms with Gasteiger partial charge in [-0.2, -0.15) is 5.26 Å². The number of nitrogens with zero attached hydrogens (tertiary/aromatic N) is 2. The van der Waals surface area contributed by atoms with E-state index in [1.54, 1.807) is 17.8 Å². The number of pyridine rings is 1. The Bertz CT molecular complexity index is 544. The maximum atomic E-state index is 8.75. The van der Waals surface area contributed by atoms with Crippen molar-refractivity contribution in [2.24, 2.45) is 0 Å². The Hall–Kier alpha value is -1.79. The molecular formula is C13H10N2S. The number of nitriles is 1. The standard InChI is InChI=1S/C13H10N2S/c1-10-4-2-6-12(8-10)16-13-7-3-5-11(9-14)15-13/h2-8H,1H3. The van der Waals surface area contributed by atoms with Crippen LogP contribution in [0.25, 0.3) is 0 Å². The Morgan fingerprint density at radius 3 is 2.75 bits per heavy atom. The first-order valence-electron chi connectivity index (χ1n) is 4.89. The molecule has 1 heterocycles. The molecule has 0 aliphatic heterocycles. The zero-order valence-corrected chi connectivity index (χ0v) is 9.66. The quantitative estimate of drug-likeness (QED) is 0.787. The van der Waals surface area contributed by atoms with Gasteiger partial charge in [-0.15, -0.1) is 0 Å². The highest BCUT2D eigenvalue weighted by molar-refractivity contribution is 7.99. The molecule has 0 bridgehead atoms. The molecule has 0 fully saturated rings. The van der Waals surface area contributed by atoms with Gasteiger partial charge in [-0.25, -0.2) is 4.98 Å². The third-order valence-electron chi connectivity index (χ3n) is 2.05. The van der Waals surface area contributed by atoms with Crippen molar-refractivity contribution in [3.8, 4) is 6.07 Å². The molecule has 0 radical (unpaired) electrons. The van der Waals surface area contributed by atoms with Crippen LogP contribution in [0.15, 0.2) is 52.4 Å². The minimum absolute atomic E-state index is 0.456. The molecule has 0 aliphatic carbocycles. The highest BCUT2D eigenvalue weighted by atomic mass is 32.2. The first kappa shape index (κ1) is 10.7. The van der Waals surface area contributed by atoms with E-state index in [0.717, 1.165) is 9.92 Å². The lowest BCUT2D eigenvalue weighted by Crippen LogP contribution is -1.84. The molecule has 16 heavy (non-hydrogen) atoms. The van der Waals surface area contributed by atoms with Crippen molar-refractivity contribution in [2.45, 2.75) is 16.8 Å². The minimum Gasteiger partial charge on any atom is -0.230 e. The van der Waals surface area contributed by atoms with Crippen molar-refractivity contribution >= 4 is 11.8 Å². The number of aromatic nitrogens is 1. The van der Waals surface area contributed by atoms with Crippen LogP contribution in [0.1, 0.15) is 11.3 Å². The Labute approximate surface area is 99.0 Å². The van der Waals surface area contributed by atoms with Crippen molar-refractivity contribution in [1.82, 2.24) is 4.98 Å². The van der Waals surface area contributed by atoms with Gasteiger partial charge in [-0.1, -0.05) is 35.5 Å². The van der Waals surface area contributed by atoms with E-state index in [1.165, 1.54) is 5.56 Å². The first-order valence-corrected chi connectivity index (χ1v) is 5.71. The summed E-state index contributed by atoms with van der Waals surface area (Å²) in [4.78, 5) is 5.36. The monoisotopic (exact) mass is 226 g/mol. The second kappa shape index (κ2) is 4.82. The Morgan fingerprint density at radius 2 is 2.00 bits per heavy atom. The van der Waals surface area contributed by atoms with Crippen LogP contribution in [0.5, 0.6) is 0 Å². The van der Waals surface area contributed by atoms with Crippen molar-refractivity contribution in [3.05, 3.63) is 53.7 Å². The molecule has 0 spiro atoms.